The molecule has 1 rings (SSSR count). The summed E-state index contributed by atoms with van der Waals surface area (Å²) in [4.78, 5) is 2.68. The first kappa shape index (κ1) is 15.0. The van der Waals surface area contributed by atoms with Crippen molar-refractivity contribution in [1.29, 1.82) is 0 Å². The monoisotopic (exact) mass is 240 g/mol. The summed E-state index contributed by atoms with van der Waals surface area (Å²) < 4.78 is 0. The molecule has 102 valence electrons. The predicted molar refractivity (Wildman–Crippen MR) is 76.2 cm³/mol. The largest absolute Gasteiger partial charge is 0.330 e. The molecule has 17 heavy (non-hydrogen) atoms. The normalized spacial score (nSPS) is 20.3. The number of rotatable bonds is 5. The smallest absolute Gasteiger partial charge is 0.00953 e. The quantitative estimate of drug-likeness (QED) is 0.798. The van der Waals surface area contributed by atoms with Gasteiger partial charge in [-0.15, -0.1) is 0 Å². The van der Waals surface area contributed by atoms with Crippen LogP contribution < -0.4 is 5.73 Å². The first-order chi connectivity index (χ1) is 8.09. The van der Waals surface area contributed by atoms with Gasteiger partial charge < -0.3 is 10.6 Å². The third-order valence-electron chi connectivity index (χ3n) is 4.18. The van der Waals surface area contributed by atoms with Gasteiger partial charge in [0.1, 0.15) is 0 Å². The summed E-state index contributed by atoms with van der Waals surface area (Å²) in [7, 11) is 0. The van der Waals surface area contributed by atoms with Crippen LogP contribution in [0.5, 0.6) is 0 Å². The lowest BCUT2D eigenvalue weighted by Crippen LogP contribution is -2.44. The van der Waals surface area contributed by atoms with Gasteiger partial charge in [0.2, 0.25) is 0 Å². The third kappa shape index (κ3) is 5.39. The molecule has 0 saturated heterocycles. The van der Waals surface area contributed by atoms with E-state index in [-0.39, 0.29) is 5.41 Å². The molecule has 1 fully saturated rings. The van der Waals surface area contributed by atoms with E-state index in [1.807, 2.05) is 0 Å². The number of hydrogen-bond donors (Lipinski definition) is 1. The molecule has 2 heteroatoms. The fourth-order valence-electron chi connectivity index (χ4n) is 2.91. The van der Waals surface area contributed by atoms with Crippen LogP contribution in [0.1, 0.15) is 65.7 Å². The summed E-state index contributed by atoms with van der Waals surface area (Å²) in [5.74, 6) is 0. The lowest BCUT2D eigenvalue weighted by molar-refractivity contribution is 0.119. The molecule has 0 unspecified atom stereocenters. The topological polar surface area (TPSA) is 29.3 Å². The van der Waals surface area contributed by atoms with Crippen LogP contribution in [0.15, 0.2) is 0 Å². The molecule has 1 aliphatic carbocycles. The van der Waals surface area contributed by atoms with Crippen molar-refractivity contribution in [2.75, 3.05) is 19.6 Å². The van der Waals surface area contributed by atoms with Crippen molar-refractivity contribution in [2.45, 2.75) is 71.8 Å². The summed E-state index contributed by atoms with van der Waals surface area (Å²) >= 11 is 0. The molecule has 0 spiro atoms. The van der Waals surface area contributed by atoms with Crippen LogP contribution in [0.4, 0.5) is 0 Å². The van der Waals surface area contributed by atoms with E-state index in [0.29, 0.717) is 0 Å². The summed E-state index contributed by atoms with van der Waals surface area (Å²) in [6.45, 7) is 10.00. The van der Waals surface area contributed by atoms with E-state index in [2.05, 4.69) is 25.7 Å². The van der Waals surface area contributed by atoms with Crippen LogP contribution in [0.25, 0.3) is 0 Å². The van der Waals surface area contributed by atoms with Gasteiger partial charge >= 0.3 is 0 Å². The van der Waals surface area contributed by atoms with Crippen molar-refractivity contribution in [1.82, 2.24) is 4.90 Å². The maximum Gasteiger partial charge on any atom is 0.00953 e. The molecule has 0 bridgehead atoms. The summed E-state index contributed by atoms with van der Waals surface area (Å²) in [6, 6.07) is 0.811. The first-order valence-corrected chi connectivity index (χ1v) is 7.53. The average molecular weight is 240 g/mol. The average Bonchev–Trinajstić information content (AvgIpc) is 2.26. The van der Waals surface area contributed by atoms with Crippen molar-refractivity contribution in [3.8, 4) is 0 Å². The Balaban J connectivity index is 2.51. The van der Waals surface area contributed by atoms with E-state index >= 15 is 0 Å². The third-order valence-corrected chi connectivity index (χ3v) is 4.18. The van der Waals surface area contributed by atoms with Crippen LogP contribution in [0, 0.1) is 5.41 Å². The highest BCUT2D eigenvalue weighted by molar-refractivity contribution is 4.80. The lowest BCUT2D eigenvalue weighted by Gasteiger charge is -2.37. The Labute approximate surface area is 108 Å². The van der Waals surface area contributed by atoms with E-state index in [0.717, 1.165) is 19.1 Å². The second kappa shape index (κ2) is 7.38. The highest BCUT2D eigenvalue weighted by Crippen LogP contribution is 2.24. The maximum atomic E-state index is 5.87. The van der Waals surface area contributed by atoms with E-state index < -0.39 is 0 Å². The standard InChI is InChI=1S/C15H32N2/c1-4-17(13-15(2,3)12-16)14-10-8-6-5-7-9-11-14/h14H,4-13,16H2,1-3H3. The van der Waals surface area contributed by atoms with Gasteiger partial charge in [0.15, 0.2) is 0 Å². The molecule has 2 nitrogen and oxygen atoms in total. The minimum absolute atomic E-state index is 0.262. The Morgan fingerprint density at radius 1 is 1.06 bits per heavy atom. The Morgan fingerprint density at radius 2 is 1.59 bits per heavy atom. The van der Waals surface area contributed by atoms with Gasteiger partial charge in [-0.2, -0.15) is 0 Å². The molecule has 0 aromatic heterocycles. The summed E-state index contributed by atoms with van der Waals surface area (Å²) in [6.07, 6.45) is 9.97. The molecule has 1 saturated carbocycles. The van der Waals surface area contributed by atoms with Crippen LogP contribution in [-0.2, 0) is 0 Å². The van der Waals surface area contributed by atoms with Gasteiger partial charge in [0.05, 0.1) is 0 Å². The highest BCUT2D eigenvalue weighted by atomic mass is 15.2. The van der Waals surface area contributed by atoms with E-state index in [9.17, 15) is 0 Å². The summed E-state index contributed by atoms with van der Waals surface area (Å²) in [5, 5.41) is 0. The van der Waals surface area contributed by atoms with Crippen LogP contribution in [0.3, 0.4) is 0 Å². The molecule has 0 atom stereocenters. The zero-order chi connectivity index (χ0) is 12.7. The first-order valence-electron chi connectivity index (χ1n) is 7.53. The van der Waals surface area contributed by atoms with E-state index in [1.54, 1.807) is 0 Å². The maximum absolute atomic E-state index is 5.87. The Kier molecular flexibility index (Phi) is 6.50. The lowest BCUT2D eigenvalue weighted by atomic mass is 9.90. The fourth-order valence-corrected chi connectivity index (χ4v) is 2.91. The molecule has 1 aliphatic rings. The molecule has 2 N–H and O–H groups in total. The molecule has 0 amide bonds. The van der Waals surface area contributed by atoms with Gasteiger partial charge in [-0.3, -0.25) is 0 Å². The van der Waals surface area contributed by atoms with Crippen LogP contribution >= 0.6 is 0 Å². The molecule has 0 aromatic carbocycles. The van der Waals surface area contributed by atoms with Crippen molar-refractivity contribution in [3.05, 3.63) is 0 Å². The zero-order valence-electron chi connectivity index (χ0n) is 12.2. The van der Waals surface area contributed by atoms with Crippen LogP contribution in [-0.4, -0.2) is 30.6 Å². The van der Waals surface area contributed by atoms with Gasteiger partial charge in [-0.05, 0) is 31.3 Å². The Morgan fingerprint density at radius 3 is 2.06 bits per heavy atom. The molecule has 0 heterocycles. The second-order valence-corrected chi connectivity index (χ2v) is 6.43. The predicted octanol–water partition coefficient (Wildman–Crippen LogP) is 3.41. The van der Waals surface area contributed by atoms with Crippen molar-refractivity contribution in [2.24, 2.45) is 11.1 Å². The van der Waals surface area contributed by atoms with Gasteiger partial charge in [0, 0.05) is 12.6 Å². The SMILES string of the molecule is CCN(CC(C)(C)CN)C1CCCCCCC1. The van der Waals surface area contributed by atoms with E-state index in [4.69, 9.17) is 5.73 Å². The number of hydrogen-bond acceptors (Lipinski definition) is 2. The number of nitrogens with zero attached hydrogens (tertiary/aromatic N) is 1. The van der Waals surface area contributed by atoms with Gasteiger partial charge in [0.25, 0.3) is 0 Å². The zero-order valence-corrected chi connectivity index (χ0v) is 12.2. The number of nitrogens with two attached hydrogens (primary N) is 1. The Bertz CT molecular complexity index is 193. The highest BCUT2D eigenvalue weighted by Gasteiger charge is 2.24. The molecule has 0 aromatic rings. The van der Waals surface area contributed by atoms with Crippen LogP contribution in [0.2, 0.25) is 0 Å². The van der Waals surface area contributed by atoms with Gasteiger partial charge in [-0.1, -0.05) is 52.9 Å². The minimum atomic E-state index is 0.262. The van der Waals surface area contributed by atoms with E-state index in [1.165, 1.54) is 51.5 Å². The second-order valence-electron chi connectivity index (χ2n) is 6.43. The van der Waals surface area contributed by atoms with Crippen molar-refractivity contribution >= 4 is 0 Å². The Hall–Kier alpha value is -0.0800. The molecular formula is C15H32N2. The summed E-state index contributed by atoms with van der Waals surface area (Å²) in [5.41, 5.74) is 6.13. The molecular weight excluding hydrogens is 208 g/mol. The molecule has 0 aliphatic heterocycles. The van der Waals surface area contributed by atoms with Gasteiger partial charge in [-0.25, -0.2) is 0 Å². The fraction of sp³-hybridized carbons (Fsp3) is 1.00. The van der Waals surface area contributed by atoms with Crippen molar-refractivity contribution < 1.29 is 0 Å². The van der Waals surface area contributed by atoms with Crippen molar-refractivity contribution in [3.63, 3.8) is 0 Å². The minimum Gasteiger partial charge on any atom is -0.330 e. The molecule has 0 radical (unpaired) electrons.